The fraction of sp³-hybridized carbons (Fsp3) is 0.750. The normalized spacial score (nSPS) is 21.2. The molecule has 120 valence electrons. The third-order valence-electron chi connectivity index (χ3n) is 4.17. The molecular weight excluding hydrogens is 268 g/mol. The van der Waals surface area contributed by atoms with Gasteiger partial charge in [-0.05, 0) is 18.3 Å². The smallest absolute Gasteiger partial charge is 0.222 e. The van der Waals surface area contributed by atoms with Crippen LogP contribution in [0.4, 0.5) is 0 Å². The lowest BCUT2D eigenvalue weighted by Crippen LogP contribution is -2.40. The van der Waals surface area contributed by atoms with Crippen molar-refractivity contribution in [2.24, 2.45) is 22.8 Å². The van der Waals surface area contributed by atoms with E-state index in [4.69, 9.17) is 11.5 Å². The number of ketones is 1. The first-order valence-electron chi connectivity index (χ1n) is 7.67. The second-order valence-electron chi connectivity index (χ2n) is 6.89. The third kappa shape index (κ3) is 4.84. The lowest BCUT2D eigenvalue weighted by molar-refractivity contribution is -0.122. The molecule has 0 aromatic rings. The Labute approximate surface area is 126 Å². The molecule has 1 aliphatic rings. The molecule has 5 heteroatoms. The highest BCUT2D eigenvalue weighted by Gasteiger charge is 2.35. The Hall–Kier alpha value is -1.36. The summed E-state index contributed by atoms with van der Waals surface area (Å²) in [5, 5.41) is 10.1. The maximum Gasteiger partial charge on any atom is 0.222 e. The van der Waals surface area contributed by atoms with Gasteiger partial charge in [-0.2, -0.15) is 0 Å². The summed E-state index contributed by atoms with van der Waals surface area (Å²) in [6.07, 6.45) is 3.57. The molecule has 1 aliphatic carbocycles. The highest BCUT2D eigenvalue weighted by molar-refractivity contribution is 5.97. The summed E-state index contributed by atoms with van der Waals surface area (Å²) in [4.78, 5) is 23.8. The van der Waals surface area contributed by atoms with Crippen molar-refractivity contribution in [1.82, 2.24) is 0 Å². The van der Waals surface area contributed by atoms with Crippen LogP contribution in [0, 0.1) is 11.3 Å². The number of rotatable bonds is 7. The molecule has 2 atom stereocenters. The molecule has 0 aromatic heterocycles. The highest BCUT2D eigenvalue weighted by atomic mass is 16.3. The maximum absolute atomic E-state index is 12.2. The van der Waals surface area contributed by atoms with Crippen molar-refractivity contribution >= 4 is 11.7 Å². The molecule has 2 unspecified atom stereocenters. The standard InChI is InChI=1S/C16H28N2O3/c1-4-5-6-12(17)10(15(18)21)7-11-13(19)8-16(2,3)9-14(11)20/h10,12,19H,4-9,17H2,1-3H3,(H2,18,21). The molecule has 0 fully saturated rings. The zero-order valence-corrected chi connectivity index (χ0v) is 13.3. The molecule has 1 amide bonds. The Kier molecular flexibility index (Phi) is 5.96. The highest BCUT2D eigenvalue weighted by Crippen LogP contribution is 2.37. The van der Waals surface area contributed by atoms with E-state index in [9.17, 15) is 14.7 Å². The predicted octanol–water partition coefficient (Wildman–Crippen LogP) is 2.20. The van der Waals surface area contributed by atoms with Crippen LogP contribution < -0.4 is 11.5 Å². The summed E-state index contributed by atoms with van der Waals surface area (Å²) in [6, 6.07) is -0.370. The van der Waals surface area contributed by atoms with Gasteiger partial charge < -0.3 is 16.6 Å². The van der Waals surface area contributed by atoms with Crippen LogP contribution in [0.2, 0.25) is 0 Å². The summed E-state index contributed by atoms with van der Waals surface area (Å²) < 4.78 is 0. The number of primary amides is 1. The fourth-order valence-corrected chi connectivity index (χ4v) is 2.88. The van der Waals surface area contributed by atoms with Gasteiger partial charge in [0.05, 0.1) is 11.7 Å². The molecule has 0 saturated carbocycles. The van der Waals surface area contributed by atoms with Gasteiger partial charge in [0.15, 0.2) is 5.78 Å². The summed E-state index contributed by atoms with van der Waals surface area (Å²) in [6.45, 7) is 5.93. The average molecular weight is 296 g/mol. The molecular formula is C16H28N2O3. The minimum absolute atomic E-state index is 0.0881. The second kappa shape index (κ2) is 7.07. The molecule has 0 spiro atoms. The van der Waals surface area contributed by atoms with Crippen molar-refractivity contribution in [3.05, 3.63) is 11.3 Å². The summed E-state index contributed by atoms with van der Waals surface area (Å²) >= 11 is 0. The molecule has 0 radical (unpaired) electrons. The summed E-state index contributed by atoms with van der Waals surface area (Å²) in [5.41, 5.74) is 11.6. The molecule has 5 N–H and O–H groups in total. The zero-order chi connectivity index (χ0) is 16.2. The van der Waals surface area contributed by atoms with Gasteiger partial charge in [-0.15, -0.1) is 0 Å². The van der Waals surface area contributed by atoms with E-state index in [0.717, 1.165) is 12.8 Å². The molecule has 1 rings (SSSR count). The van der Waals surface area contributed by atoms with Gasteiger partial charge in [0.1, 0.15) is 0 Å². The number of aliphatic hydroxyl groups excluding tert-OH is 1. The number of carbonyl (C=O) groups is 2. The second-order valence-corrected chi connectivity index (χ2v) is 6.89. The van der Waals surface area contributed by atoms with Crippen LogP contribution in [0.1, 0.15) is 59.3 Å². The van der Waals surface area contributed by atoms with E-state index in [1.807, 2.05) is 20.8 Å². The molecule has 5 nitrogen and oxygen atoms in total. The Bertz CT molecular complexity index is 441. The number of amides is 1. The Morgan fingerprint density at radius 3 is 2.48 bits per heavy atom. The predicted molar refractivity (Wildman–Crippen MR) is 82.5 cm³/mol. The van der Waals surface area contributed by atoms with Gasteiger partial charge in [0.2, 0.25) is 5.91 Å². The van der Waals surface area contributed by atoms with Crippen molar-refractivity contribution in [2.45, 2.75) is 65.3 Å². The van der Waals surface area contributed by atoms with Crippen LogP contribution in [0.25, 0.3) is 0 Å². The number of Topliss-reactive ketones (excluding diaryl/α,β-unsaturated/α-hetero) is 1. The quantitative estimate of drug-likeness (QED) is 0.669. The fourth-order valence-electron chi connectivity index (χ4n) is 2.88. The first-order valence-corrected chi connectivity index (χ1v) is 7.67. The lowest BCUT2D eigenvalue weighted by atomic mass is 9.74. The van der Waals surface area contributed by atoms with E-state index in [2.05, 4.69) is 0 Å². The van der Waals surface area contributed by atoms with Crippen LogP contribution >= 0.6 is 0 Å². The Morgan fingerprint density at radius 1 is 1.38 bits per heavy atom. The number of hydrogen-bond acceptors (Lipinski definition) is 4. The van der Waals surface area contributed by atoms with Gasteiger partial charge >= 0.3 is 0 Å². The molecule has 0 saturated heterocycles. The summed E-state index contributed by atoms with van der Waals surface area (Å²) in [7, 11) is 0. The Balaban J connectivity index is 2.88. The van der Waals surface area contributed by atoms with E-state index in [1.54, 1.807) is 0 Å². The largest absolute Gasteiger partial charge is 0.512 e. The van der Waals surface area contributed by atoms with E-state index in [-0.39, 0.29) is 29.4 Å². The maximum atomic E-state index is 12.2. The molecule has 0 heterocycles. The topological polar surface area (TPSA) is 106 Å². The number of carbonyl (C=O) groups excluding carboxylic acids is 2. The van der Waals surface area contributed by atoms with Gasteiger partial charge in [0, 0.05) is 24.5 Å². The van der Waals surface area contributed by atoms with Crippen LogP contribution in [0.15, 0.2) is 11.3 Å². The van der Waals surface area contributed by atoms with Gasteiger partial charge in [-0.3, -0.25) is 9.59 Å². The van der Waals surface area contributed by atoms with Crippen LogP contribution in [-0.4, -0.2) is 22.8 Å². The van der Waals surface area contributed by atoms with Crippen LogP contribution in [0.3, 0.4) is 0 Å². The molecule has 0 aromatic carbocycles. The number of hydrogen-bond donors (Lipinski definition) is 3. The van der Waals surface area contributed by atoms with Crippen LogP contribution in [-0.2, 0) is 9.59 Å². The van der Waals surface area contributed by atoms with Crippen molar-refractivity contribution in [3.8, 4) is 0 Å². The van der Waals surface area contributed by atoms with Crippen molar-refractivity contribution in [3.63, 3.8) is 0 Å². The minimum Gasteiger partial charge on any atom is -0.512 e. The number of allylic oxidation sites excluding steroid dienone is 2. The lowest BCUT2D eigenvalue weighted by Gasteiger charge is -2.31. The molecule has 21 heavy (non-hydrogen) atoms. The van der Waals surface area contributed by atoms with Gasteiger partial charge in [-0.25, -0.2) is 0 Å². The van der Waals surface area contributed by atoms with E-state index in [1.165, 1.54) is 0 Å². The average Bonchev–Trinajstić information content (AvgIpc) is 2.33. The van der Waals surface area contributed by atoms with Crippen molar-refractivity contribution < 1.29 is 14.7 Å². The van der Waals surface area contributed by atoms with Crippen molar-refractivity contribution in [1.29, 1.82) is 0 Å². The summed E-state index contributed by atoms with van der Waals surface area (Å²) in [5.74, 6) is -1.11. The SMILES string of the molecule is CCCCC(N)C(CC1=C(O)CC(C)(C)CC1=O)C(N)=O. The number of aliphatic hydroxyl groups is 1. The van der Waals surface area contributed by atoms with E-state index >= 15 is 0 Å². The van der Waals surface area contributed by atoms with E-state index < -0.39 is 11.8 Å². The van der Waals surface area contributed by atoms with Crippen molar-refractivity contribution in [2.75, 3.05) is 0 Å². The van der Waals surface area contributed by atoms with Crippen LogP contribution in [0.5, 0.6) is 0 Å². The zero-order valence-electron chi connectivity index (χ0n) is 13.3. The van der Waals surface area contributed by atoms with E-state index in [0.29, 0.717) is 24.8 Å². The third-order valence-corrected chi connectivity index (χ3v) is 4.17. The number of nitrogens with two attached hydrogens (primary N) is 2. The minimum atomic E-state index is -0.598. The molecule has 0 aliphatic heterocycles. The monoisotopic (exact) mass is 296 g/mol. The first-order chi connectivity index (χ1) is 9.68. The Morgan fingerprint density at radius 2 is 2.00 bits per heavy atom. The van der Waals surface area contributed by atoms with Gasteiger partial charge in [-0.1, -0.05) is 33.6 Å². The van der Waals surface area contributed by atoms with Gasteiger partial charge in [0.25, 0.3) is 0 Å². The number of unbranched alkanes of at least 4 members (excludes halogenated alkanes) is 1. The molecule has 0 bridgehead atoms. The first kappa shape index (κ1) is 17.7.